The molecule has 1 saturated heterocycles. The van der Waals surface area contributed by atoms with E-state index in [0.717, 1.165) is 5.75 Å². The topological polar surface area (TPSA) is 38.8 Å². The average molecular weight is 284 g/mol. The number of rotatable bonds is 4. The van der Waals surface area contributed by atoms with Gasteiger partial charge in [-0.3, -0.25) is 4.79 Å². The zero-order chi connectivity index (χ0) is 13.7. The Bertz CT molecular complexity index is 421. The van der Waals surface area contributed by atoms with Gasteiger partial charge in [0.05, 0.1) is 13.2 Å². The van der Waals surface area contributed by atoms with E-state index < -0.39 is 0 Å². The van der Waals surface area contributed by atoms with Crippen molar-refractivity contribution in [2.75, 3.05) is 32.2 Å². The smallest absolute Gasteiger partial charge is 0.237 e. The largest absolute Gasteiger partial charge is 0.491 e. The fourth-order valence-electron chi connectivity index (χ4n) is 1.95. The SMILES string of the molecule is Cc1ccc(OCC2CN(C(=O)CCl)CCO2)cc1. The first-order chi connectivity index (χ1) is 9.19. The van der Waals surface area contributed by atoms with Crippen molar-refractivity contribution in [3.8, 4) is 5.75 Å². The lowest BCUT2D eigenvalue weighted by Crippen LogP contribution is -2.48. The molecular weight excluding hydrogens is 266 g/mol. The summed E-state index contributed by atoms with van der Waals surface area (Å²) in [5, 5.41) is 0. The zero-order valence-electron chi connectivity index (χ0n) is 11.0. The van der Waals surface area contributed by atoms with Gasteiger partial charge in [-0.05, 0) is 19.1 Å². The number of ether oxygens (including phenoxy) is 2. The molecule has 1 aliphatic heterocycles. The third-order valence-electron chi connectivity index (χ3n) is 3.06. The van der Waals surface area contributed by atoms with Gasteiger partial charge >= 0.3 is 0 Å². The van der Waals surface area contributed by atoms with Crippen LogP contribution in [0, 0.1) is 6.92 Å². The normalized spacial score (nSPS) is 19.3. The van der Waals surface area contributed by atoms with Crippen LogP contribution in [-0.4, -0.2) is 49.1 Å². The molecule has 0 bridgehead atoms. The Hall–Kier alpha value is -1.26. The molecule has 1 atom stereocenters. The van der Waals surface area contributed by atoms with E-state index in [2.05, 4.69) is 0 Å². The Labute approximate surface area is 118 Å². The number of carbonyl (C=O) groups excluding carboxylic acids is 1. The molecule has 104 valence electrons. The molecule has 0 radical (unpaired) electrons. The monoisotopic (exact) mass is 283 g/mol. The fourth-order valence-corrected chi connectivity index (χ4v) is 2.12. The van der Waals surface area contributed by atoms with Gasteiger partial charge in [0.1, 0.15) is 24.3 Å². The highest BCUT2D eigenvalue weighted by atomic mass is 35.5. The summed E-state index contributed by atoms with van der Waals surface area (Å²) in [7, 11) is 0. The highest BCUT2D eigenvalue weighted by Gasteiger charge is 2.24. The fraction of sp³-hybridized carbons (Fsp3) is 0.500. The molecule has 0 spiro atoms. The lowest BCUT2D eigenvalue weighted by atomic mass is 10.2. The molecule has 1 aromatic carbocycles. The second kappa shape index (κ2) is 6.78. The Kier molecular flexibility index (Phi) is 5.05. The first-order valence-electron chi connectivity index (χ1n) is 6.34. The summed E-state index contributed by atoms with van der Waals surface area (Å²) < 4.78 is 11.3. The molecule has 0 aromatic heterocycles. The van der Waals surface area contributed by atoms with Gasteiger partial charge in [0, 0.05) is 6.54 Å². The van der Waals surface area contributed by atoms with Gasteiger partial charge in [-0.25, -0.2) is 0 Å². The third-order valence-corrected chi connectivity index (χ3v) is 3.29. The van der Waals surface area contributed by atoms with Gasteiger partial charge in [-0.2, -0.15) is 0 Å². The number of halogens is 1. The summed E-state index contributed by atoms with van der Waals surface area (Å²) in [5.41, 5.74) is 1.19. The predicted molar refractivity (Wildman–Crippen MR) is 73.7 cm³/mol. The van der Waals surface area contributed by atoms with E-state index in [4.69, 9.17) is 21.1 Å². The maximum Gasteiger partial charge on any atom is 0.237 e. The van der Waals surface area contributed by atoms with Crippen molar-refractivity contribution in [3.05, 3.63) is 29.8 Å². The lowest BCUT2D eigenvalue weighted by molar-refractivity contribution is -0.137. The minimum atomic E-state index is -0.0952. The third kappa shape index (κ3) is 4.11. The van der Waals surface area contributed by atoms with Crippen LogP contribution >= 0.6 is 11.6 Å². The number of hydrogen-bond acceptors (Lipinski definition) is 3. The highest BCUT2D eigenvalue weighted by Crippen LogP contribution is 2.13. The highest BCUT2D eigenvalue weighted by molar-refractivity contribution is 6.27. The van der Waals surface area contributed by atoms with E-state index in [1.807, 2.05) is 31.2 Å². The van der Waals surface area contributed by atoms with E-state index in [-0.39, 0.29) is 17.9 Å². The minimum Gasteiger partial charge on any atom is -0.491 e. The van der Waals surface area contributed by atoms with Gasteiger partial charge in [0.25, 0.3) is 0 Å². The van der Waals surface area contributed by atoms with Crippen LogP contribution in [0.5, 0.6) is 5.75 Å². The van der Waals surface area contributed by atoms with Crippen LogP contribution in [0.1, 0.15) is 5.56 Å². The Morgan fingerprint density at radius 1 is 1.47 bits per heavy atom. The van der Waals surface area contributed by atoms with E-state index in [1.54, 1.807) is 4.90 Å². The van der Waals surface area contributed by atoms with E-state index >= 15 is 0 Å². The molecule has 1 fully saturated rings. The molecule has 5 heteroatoms. The van der Waals surface area contributed by atoms with Crippen molar-refractivity contribution < 1.29 is 14.3 Å². The molecule has 1 amide bonds. The summed E-state index contributed by atoms with van der Waals surface area (Å²) in [6, 6.07) is 7.86. The molecule has 1 unspecified atom stereocenters. The number of nitrogens with zero attached hydrogens (tertiary/aromatic N) is 1. The first-order valence-corrected chi connectivity index (χ1v) is 6.87. The maximum atomic E-state index is 11.5. The van der Waals surface area contributed by atoms with E-state index in [0.29, 0.717) is 26.3 Å². The van der Waals surface area contributed by atoms with Crippen LogP contribution in [-0.2, 0) is 9.53 Å². The number of benzene rings is 1. The average Bonchev–Trinajstić information content (AvgIpc) is 2.46. The van der Waals surface area contributed by atoms with Crippen LogP contribution < -0.4 is 4.74 Å². The molecule has 1 aliphatic rings. The number of aryl methyl sites for hydroxylation is 1. The number of morpholine rings is 1. The molecule has 1 aromatic rings. The zero-order valence-corrected chi connectivity index (χ0v) is 11.7. The lowest BCUT2D eigenvalue weighted by Gasteiger charge is -2.32. The summed E-state index contributed by atoms with van der Waals surface area (Å²) in [4.78, 5) is 13.2. The number of carbonyl (C=O) groups is 1. The second-order valence-corrected chi connectivity index (χ2v) is 4.86. The Balaban J connectivity index is 1.82. The summed E-state index contributed by atoms with van der Waals surface area (Å²) >= 11 is 5.56. The summed E-state index contributed by atoms with van der Waals surface area (Å²) in [5.74, 6) is 0.784. The molecular formula is C14H18ClNO3. The van der Waals surface area contributed by atoms with Crippen LogP contribution in [0.2, 0.25) is 0 Å². The molecule has 0 N–H and O–H groups in total. The van der Waals surface area contributed by atoms with Gasteiger partial charge in [0.15, 0.2) is 0 Å². The van der Waals surface area contributed by atoms with E-state index in [9.17, 15) is 4.79 Å². The maximum absolute atomic E-state index is 11.5. The predicted octanol–water partition coefficient (Wildman–Crippen LogP) is 1.84. The van der Waals surface area contributed by atoms with Crippen LogP contribution in [0.25, 0.3) is 0 Å². The Morgan fingerprint density at radius 3 is 2.89 bits per heavy atom. The number of hydrogen-bond donors (Lipinski definition) is 0. The number of alkyl halides is 1. The second-order valence-electron chi connectivity index (χ2n) is 4.59. The van der Waals surface area contributed by atoms with Gasteiger partial charge in [0.2, 0.25) is 5.91 Å². The van der Waals surface area contributed by atoms with Crippen molar-refractivity contribution in [2.24, 2.45) is 0 Å². The van der Waals surface area contributed by atoms with E-state index in [1.165, 1.54) is 5.56 Å². The first kappa shape index (κ1) is 14.2. The van der Waals surface area contributed by atoms with Crippen molar-refractivity contribution in [2.45, 2.75) is 13.0 Å². The molecule has 4 nitrogen and oxygen atoms in total. The van der Waals surface area contributed by atoms with Crippen molar-refractivity contribution in [1.82, 2.24) is 4.90 Å². The molecule has 0 saturated carbocycles. The van der Waals surface area contributed by atoms with Gasteiger partial charge in [-0.1, -0.05) is 17.7 Å². The Morgan fingerprint density at radius 2 is 2.21 bits per heavy atom. The van der Waals surface area contributed by atoms with Crippen LogP contribution in [0.4, 0.5) is 0 Å². The molecule has 0 aliphatic carbocycles. The molecule has 1 heterocycles. The van der Waals surface area contributed by atoms with Crippen LogP contribution in [0.15, 0.2) is 24.3 Å². The molecule has 2 rings (SSSR count). The quantitative estimate of drug-likeness (QED) is 0.792. The van der Waals surface area contributed by atoms with Crippen molar-refractivity contribution in [1.29, 1.82) is 0 Å². The number of amides is 1. The molecule has 19 heavy (non-hydrogen) atoms. The van der Waals surface area contributed by atoms with Crippen molar-refractivity contribution >= 4 is 17.5 Å². The van der Waals surface area contributed by atoms with Crippen LogP contribution in [0.3, 0.4) is 0 Å². The summed E-state index contributed by atoms with van der Waals surface area (Å²) in [6.07, 6.45) is -0.0952. The summed E-state index contributed by atoms with van der Waals surface area (Å²) in [6.45, 7) is 4.15. The van der Waals surface area contributed by atoms with Gasteiger partial charge in [-0.15, -0.1) is 11.6 Å². The van der Waals surface area contributed by atoms with Crippen molar-refractivity contribution in [3.63, 3.8) is 0 Å². The minimum absolute atomic E-state index is 0.0194. The standard InChI is InChI=1S/C14H18ClNO3/c1-11-2-4-12(5-3-11)19-10-13-9-16(6-7-18-13)14(17)8-15/h2-5,13H,6-10H2,1H3. The van der Waals surface area contributed by atoms with Gasteiger partial charge < -0.3 is 14.4 Å².